The van der Waals surface area contributed by atoms with Crippen LogP contribution in [-0.4, -0.2) is 37.6 Å². The predicted molar refractivity (Wildman–Crippen MR) is 95.2 cm³/mol. The predicted octanol–water partition coefficient (Wildman–Crippen LogP) is 2.61. The van der Waals surface area contributed by atoms with Crippen LogP contribution in [-0.2, 0) is 20.7 Å². The van der Waals surface area contributed by atoms with E-state index < -0.39 is 11.9 Å². The van der Waals surface area contributed by atoms with Gasteiger partial charge in [-0.2, -0.15) is 0 Å². The van der Waals surface area contributed by atoms with Crippen molar-refractivity contribution in [3.05, 3.63) is 65.2 Å². The number of hydrogen-bond acceptors (Lipinski definition) is 5. The van der Waals surface area contributed by atoms with Crippen molar-refractivity contribution < 1.29 is 23.9 Å². The van der Waals surface area contributed by atoms with Crippen molar-refractivity contribution in [1.29, 1.82) is 0 Å². The maximum Gasteiger partial charge on any atom is 0.338 e. The van der Waals surface area contributed by atoms with Crippen molar-refractivity contribution in [2.75, 3.05) is 18.6 Å². The first-order valence-corrected chi connectivity index (χ1v) is 8.26. The summed E-state index contributed by atoms with van der Waals surface area (Å²) in [6, 6.07) is 13.6. The molecule has 26 heavy (non-hydrogen) atoms. The molecule has 0 bridgehead atoms. The molecule has 0 unspecified atom stereocenters. The van der Waals surface area contributed by atoms with Crippen molar-refractivity contribution >= 4 is 23.5 Å². The molecule has 3 rings (SSSR count). The van der Waals surface area contributed by atoms with Crippen LogP contribution in [0.2, 0.25) is 0 Å². The molecule has 134 valence electrons. The summed E-state index contributed by atoms with van der Waals surface area (Å²) < 4.78 is 9.75. The van der Waals surface area contributed by atoms with Gasteiger partial charge in [0.15, 0.2) is 6.61 Å². The summed E-state index contributed by atoms with van der Waals surface area (Å²) >= 11 is 0. The molecule has 0 aromatic heterocycles. The SMILES string of the molecule is COC(=O)c1ccc(C(=O)OCC(=O)N2c3ccccc3C[C@@H]2C)cc1. The maximum absolute atomic E-state index is 12.5. The Bertz CT molecular complexity index is 844. The van der Waals surface area contributed by atoms with Crippen LogP contribution in [0.15, 0.2) is 48.5 Å². The molecule has 1 aliphatic rings. The number of nitrogens with zero attached hydrogens (tertiary/aromatic N) is 1. The van der Waals surface area contributed by atoms with E-state index >= 15 is 0 Å². The molecule has 2 aromatic rings. The number of amides is 1. The Morgan fingerprint density at radius 1 is 1.00 bits per heavy atom. The van der Waals surface area contributed by atoms with E-state index in [1.807, 2.05) is 31.2 Å². The third-order valence-corrected chi connectivity index (χ3v) is 4.34. The largest absolute Gasteiger partial charge is 0.465 e. The summed E-state index contributed by atoms with van der Waals surface area (Å²) in [4.78, 5) is 37.7. The van der Waals surface area contributed by atoms with Crippen molar-refractivity contribution in [2.45, 2.75) is 19.4 Å². The zero-order valence-corrected chi connectivity index (χ0v) is 14.6. The van der Waals surface area contributed by atoms with Crippen LogP contribution in [0, 0.1) is 0 Å². The molecule has 1 aliphatic heterocycles. The molecule has 6 nitrogen and oxygen atoms in total. The number of ether oxygens (including phenoxy) is 2. The van der Waals surface area contributed by atoms with Crippen molar-refractivity contribution in [1.82, 2.24) is 0 Å². The van der Waals surface area contributed by atoms with Gasteiger partial charge in [0.1, 0.15) is 0 Å². The Morgan fingerprint density at radius 2 is 1.62 bits per heavy atom. The molecule has 0 fully saturated rings. The number of benzene rings is 2. The third-order valence-electron chi connectivity index (χ3n) is 4.34. The summed E-state index contributed by atoms with van der Waals surface area (Å²) in [5.74, 6) is -1.36. The van der Waals surface area contributed by atoms with Gasteiger partial charge >= 0.3 is 11.9 Å². The Balaban J connectivity index is 1.63. The number of hydrogen-bond donors (Lipinski definition) is 0. The van der Waals surface area contributed by atoms with Gasteiger partial charge in [-0.05, 0) is 49.2 Å². The van der Waals surface area contributed by atoms with E-state index in [4.69, 9.17) is 4.74 Å². The molecular formula is C20H19NO5. The number of esters is 2. The van der Waals surface area contributed by atoms with Gasteiger partial charge in [0.25, 0.3) is 5.91 Å². The van der Waals surface area contributed by atoms with Crippen LogP contribution in [0.1, 0.15) is 33.2 Å². The van der Waals surface area contributed by atoms with Crippen LogP contribution in [0.3, 0.4) is 0 Å². The molecule has 0 spiro atoms. The van der Waals surface area contributed by atoms with Gasteiger partial charge in [-0.1, -0.05) is 18.2 Å². The van der Waals surface area contributed by atoms with Gasteiger partial charge in [-0.15, -0.1) is 0 Å². The third kappa shape index (κ3) is 3.44. The van der Waals surface area contributed by atoms with Gasteiger partial charge in [0.2, 0.25) is 0 Å². The van der Waals surface area contributed by atoms with Gasteiger partial charge in [-0.3, -0.25) is 4.79 Å². The van der Waals surface area contributed by atoms with Crippen LogP contribution in [0.4, 0.5) is 5.69 Å². The van der Waals surface area contributed by atoms with Gasteiger partial charge < -0.3 is 14.4 Å². The fourth-order valence-corrected chi connectivity index (χ4v) is 3.09. The molecule has 0 saturated carbocycles. The molecule has 0 aliphatic carbocycles. The van der Waals surface area contributed by atoms with Crippen LogP contribution in [0.25, 0.3) is 0 Å². The molecule has 0 radical (unpaired) electrons. The van der Waals surface area contributed by atoms with Gasteiger partial charge in [-0.25, -0.2) is 9.59 Å². The normalized spacial score (nSPS) is 15.3. The highest BCUT2D eigenvalue weighted by atomic mass is 16.5. The molecule has 6 heteroatoms. The van der Waals surface area contributed by atoms with E-state index in [0.717, 1.165) is 17.7 Å². The molecular weight excluding hydrogens is 334 g/mol. The molecule has 0 N–H and O–H groups in total. The standard InChI is InChI=1S/C20H19NO5/c1-13-11-16-5-3-4-6-17(16)21(13)18(22)12-26-20(24)15-9-7-14(8-10-15)19(23)25-2/h3-10,13H,11-12H2,1-2H3/t13-/m0/s1. The lowest BCUT2D eigenvalue weighted by Crippen LogP contribution is -2.38. The van der Waals surface area contributed by atoms with Crippen LogP contribution >= 0.6 is 0 Å². The van der Waals surface area contributed by atoms with Gasteiger partial charge in [0, 0.05) is 11.7 Å². The van der Waals surface area contributed by atoms with Crippen molar-refractivity contribution in [2.24, 2.45) is 0 Å². The van der Waals surface area contributed by atoms with E-state index in [9.17, 15) is 14.4 Å². The number of anilines is 1. The summed E-state index contributed by atoms with van der Waals surface area (Å²) in [7, 11) is 1.29. The Labute approximate surface area is 151 Å². The van der Waals surface area contributed by atoms with Gasteiger partial charge in [0.05, 0.1) is 18.2 Å². The second kappa shape index (κ2) is 7.39. The lowest BCUT2D eigenvalue weighted by Gasteiger charge is -2.22. The number of carbonyl (C=O) groups is 3. The molecule has 2 aromatic carbocycles. The lowest BCUT2D eigenvalue weighted by atomic mass is 10.1. The second-order valence-electron chi connectivity index (χ2n) is 6.09. The molecule has 1 heterocycles. The highest BCUT2D eigenvalue weighted by molar-refractivity contribution is 5.99. The van der Waals surface area contributed by atoms with Crippen molar-refractivity contribution in [3.63, 3.8) is 0 Å². The first-order valence-electron chi connectivity index (χ1n) is 8.26. The average molecular weight is 353 g/mol. The maximum atomic E-state index is 12.5. The molecule has 1 amide bonds. The monoisotopic (exact) mass is 353 g/mol. The zero-order chi connectivity index (χ0) is 18.7. The highest BCUT2D eigenvalue weighted by Gasteiger charge is 2.31. The van der Waals surface area contributed by atoms with Crippen LogP contribution in [0.5, 0.6) is 0 Å². The van der Waals surface area contributed by atoms with Crippen molar-refractivity contribution in [3.8, 4) is 0 Å². The van der Waals surface area contributed by atoms with E-state index in [1.165, 1.54) is 31.4 Å². The number of methoxy groups -OCH3 is 1. The summed E-state index contributed by atoms with van der Waals surface area (Å²) in [5, 5.41) is 0. The van der Waals surface area contributed by atoms with Crippen LogP contribution < -0.4 is 4.90 Å². The summed E-state index contributed by atoms with van der Waals surface area (Å²) in [5.41, 5.74) is 2.57. The Kier molecular flexibility index (Phi) is 5.02. The van der Waals surface area contributed by atoms with E-state index in [1.54, 1.807) is 4.90 Å². The minimum atomic E-state index is -0.616. The second-order valence-corrected chi connectivity index (χ2v) is 6.09. The minimum absolute atomic E-state index is 0.0259. The fraction of sp³-hybridized carbons (Fsp3) is 0.250. The number of carbonyl (C=O) groups excluding carboxylic acids is 3. The quantitative estimate of drug-likeness (QED) is 0.790. The number of rotatable bonds is 4. The number of para-hydroxylation sites is 1. The number of fused-ring (bicyclic) bond motifs is 1. The Morgan fingerprint density at radius 3 is 2.27 bits per heavy atom. The zero-order valence-electron chi connectivity index (χ0n) is 14.6. The molecule has 1 atom stereocenters. The fourth-order valence-electron chi connectivity index (χ4n) is 3.09. The summed E-state index contributed by atoms with van der Waals surface area (Å²) in [6.45, 7) is 1.63. The first-order chi connectivity index (χ1) is 12.5. The van der Waals surface area contributed by atoms with E-state index in [2.05, 4.69) is 4.74 Å². The smallest absolute Gasteiger partial charge is 0.338 e. The first kappa shape index (κ1) is 17.7. The lowest BCUT2D eigenvalue weighted by molar-refractivity contribution is -0.122. The topological polar surface area (TPSA) is 72.9 Å². The van der Waals surface area contributed by atoms with E-state index in [-0.39, 0.29) is 24.1 Å². The summed E-state index contributed by atoms with van der Waals surface area (Å²) in [6.07, 6.45) is 0.783. The molecule has 0 saturated heterocycles. The highest BCUT2D eigenvalue weighted by Crippen LogP contribution is 2.31. The minimum Gasteiger partial charge on any atom is -0.465 e. The average Bonchev–Trinajstić information content (AvgIpc) is 3.01. The Hall–Kier alpha value is -3.15. The van der Waals surface area contributed by atoms with E-state index in [0.29, 0.717) is 5.56 Å².